The summed E-state index contributed by atoms with van der Waals surface area (Å²) < 4.78 is 66.1. The summed E-state index contributed by atoms with van der Waals surface area (Å²) in [4.78, 5) is 25.5. The maximum Gasteiger partial charge on any atom is 0.401 e. The molecule has 0 saturated carbocycles. The Hall–Kier alpha value is -4.30. The summed E-state index contributed by atoms with van der Waals surface area (Å²) in [6.07, 6.45) is 0.320. The lowest BCUT2D eigenvalue weighted by molar-refractivity contribution is -0.125. The molecular formula is C29H28F4N6O4. The number of aromatic nitrogens is 4. The number of hydrogen-bond donors (Lipinski definition) is 3. The van der Waals surface area contributed by atoms with Crippen molar-refractivity contribution in [2.24, 2.45) is 0 Å². The number of fused-ring (bicyclic) bond motifs is 2. The number of imidazole rings is 1. The first-order valence-electron chi connectivity index (χ1n) is 13.8. The maximum atomic E-state index is 14.7. The van der Waals surface area contributed by atoms with Gasteiger partial charge >= 0.3 is 12.1 Å². The number of halogens is 4. The van der Waals surface area contributed by atoms with Crippen molar-refractivity contribution >= 4 is 17.4 Å². The molecule has 43 heavy (non-hydrogen) atoms. The number of pyridine rings is 1. The molecule has 0 radical (unpaired) electrons. The molecule has 14 heteroatoms. The van der Waals surface area contributed by atoms with Crippen LogP contribution >= 0.6 is 0 Å². The summed E-state index contributed by atoms with van der Waals surface area (Å²) in [6.45, 7) is 0.200. The zero-order chi connectivity index (χ0) is 30.1. The fourth-order valence-electron chi connectivity index (χ4n) is 5.62. The Morgan fingerprint density at radius 3 is 2.65 bits per heavy atom. The third-order valence-corrected chi connectivity index (χ3v) is 7.68. The topological polar surface area (TPSA) is 123 Å². The molecule has 3 aromatic heterocycles. The highest BCUT2D eigenvalue weighted by molar-refractivity contribution is 5.99. The lowest BCUT2D eigenvalue weighted by atomic mass is 9.94. The molecule has 5 heterocycles. The molecule has 3 N–H and O–H groups in total. The highest BCUT2D eigenvalue weighted by Gasteiger charge is 2.28. The van der Waals surface area contributed by atoms with Gasteiger partial charge in [0.2, 0.25) is 5.95 Å². The van der Waals surface area contributed by atoms with Gasteiger partial charge in [-0.3, -0.25) is 9.38 Å². The third-order valence-electron chi connectivity index (χ3n) is 7.68. The first kappa shape index (κ1) is 28.8. The Balaban J connectivity index is 1.39. The van der Waals surface area contributed by atoms with Crippen LogP contribution in [-0.2, 0) is 24.2 Å². The van der Waals surface area contributed by atoms with Crippen molar-refractivity contribution in [2.45, 2.75) is 44.4 Å². The molecule has 1 fully saturated rings. The summed E-state index contributed by atoms with van der Waals surface area (Å²) in [7, 11) is 0. The Bertz CT molecular complexity index is 1670. The van der Waals surface area contributed by atoms with E-state index in [-0.39, 0.29) is 36.2 Å². The predicted molar refractivity (Wildman–Crippen MR) is 147 cm³/mol. The molecule has 0 bridgehead atoms. The van der Waals surface area contributed by atoms with Crippen LogP contribution in [0.15, 0.2) is 36.8 Å². The molecule has 2 aliphatic rings. The molecule has 0 atom stereocenters. The maximum absolute atomic E-state index is 14.7. The van der Waals surface area contributed by atoms with E-state index in [4.69, 9.17) is 14.5 Å². The standard InChI is InChI=1S/C29H28F4N6O4/c30-21-2-4-24-18(7-10-43-24)19(21)11-35-28-36-12-20(26-25(27(40)41)37-15-39(26)28)17-1-3-22(16-5-8-42-9-6-16)38-23(17)13-34-14-29(31,32)33/h1-4,12,15-16,34H,5-11,13-14H2,(H,35,36)(H,40,41). The molecule has 4 aromatic rings. The summed E-state index contributed by atoms with van der Waals surface area (Å²) >= 11 is 0. The van der Waals surface area contributed by atoms with E-state index in [1.54, 1.807) is 18.2 Å². The van der Waals surface area contributed by atoms with Crippen LogP contribution in [0.4, 0.5) is 23.5 Å². The van der Waals surface area contributed by atoms with Crippen LogP contribution < -0.4 is 15.4 Å². The minimum Gasteiger partial charge on any atom is -0.493 e. The lowest BCUT2D eigenvalue weighted by Gasteiger charge is -2.23. The molecule has 2 aliphatic heterocycles. The fraction of sp³-hybridized carbons (Fsp3) is 0.379. The first-order valence-corrected chi connectivity index (χ1v) is 13.8. The number of carboxylic acid groups (broad SMARTS) is 1. The molecule has 6 rings (SSSR count). The van der Waals surface area contributed by atoms with Gasteiger partial charge in [0.25, 0.3) is 0 Å². The van der Waals surface area contributed by atoms with Gasteiger partial charge in [0, 0.05) is 72.8 Å². The van der Waals surface area contributed by atoms with Crippen molar-refractivity contribution in [3.05, 3.63) is 70.8 Å². The van der Waals surface area contributed by atoms with Gasteiger partial charge < -0.3 is 25.2 Å². The number of anilines is 1. The van der Waals surface area contributed by atoms with E-state index in [2.05, 4.69) is 20.6 Å². The molecule has 10 nitrogen and oxygen atoms in total. The third kappa shape index (κ3) is 5.97. The highest BCUT2D eigenvalue weighted by Crippen LogP contribution is 2.34. The van der Waals surface area contributed by atoms with Crippen LogP contribution in [0.1, 0.15) is 51.8 Å². The number of hydrogen-bond acceptors (Lipinski definition) is 8. The first-order chi connectivity index (χ1) is 20.7. The average Bonchev–Trinajstić information content (AvgIpc) is 3.65. The summed E-state index contributed by atoms with van der Waals surface area (Å²) in [6, 6.07) is 6.45. The van der Waals surface area contributed by atoms with Gasteiger partial charge in [-0.2, -0.15) is 13.2 Å². The van der Waals surface area contributed by atoms with Crippen molar-refractivity contribution in [3.63, 3.8) is 0 Å². The van der Waals surface area contributed by atoms with Crippen LogP contribution in [0.3, 0.4) is 0 Å². The minimum absolute atomic E-state index is 0.0500. The van der Waals surface area contributed by atoms with Crippen LogP contribution in [-0.4, -0.2) is 63.0 Å². The number of ether oxygens (including phenoxy) is 2. The van der Waals surface area contributed by atoms with E-state index in [9.17, 15) is 27.5 Å². The average molecular weight is 601 g/mol. The van der Waals surface area contributed by atoms with Gasteiger partial charge in [0.1, 0.15) is 17.9 Å². The zero-order valence-electron chi connectivity index (χ0n) is 22.9. The van der Waals surface area contributed by atoms with Crippen LogP contribution in [0, 0.1) is 5.82 Å². The molecule has 1 saturated heterocycles. The van der Waals surface area contributed by atoms with E-state index in [1.165, 1.54) is 23.0 Å². The Kier molecular flexibility index (Phi) is 7.88. The molecule has 226 valence electrons. The Labute approximate surface area is 243 Å². The predicted octanol–water partition coefficient (Wildman–Crippen LogP) is 4.72. The zero-order valence-corrected chi connectivity index (χ0v) is 22.9. The smallest absolute Gasteiger partial charge is 0.401 e. The van der Waals surface area contributed by atoms with Gasteiger partial charge in [-0.15, -0.1) is 0 Å². The largest absolute Gasteiger partial charge is 0.493 e. The van der Waals surface area contributed by atoms with Gasteiger partial charge in [-0.05, 0) is 31.0 Å². The lowest BCUT2D eigenvalue weighted by Crippen LogP contribution is -2.29. The number of alkyl halides is 3. The fourth-order valence-corrected chi connectivity index (χ4v) is 5.62. The molecule has 1 aromatic carbocycles. The van der Waals surface area contributed by atoms with E-state index in [0.29, 0.717) is 54.4 Å². The second-order valence-corrected chi connectivity index (χ2v) is 10.4. The molecule has 0 amide bonds. The number of rotatable bonds is 9. The van der Waals surface area contributed by atoms with Gasteiger partial charge in [-0.25, -0.2) is 19.2 Å². The van der Waals surface area contributed by atoms with Crippen molar-refractivity contribution in [3.8, 4) is 16.9 Å². The van der Waals surface area contributed by atoms with Crippen molar-refractivity contribution in [1.82, 2.24) is 24.7 Å². The summed E-state index contributed by atoms with van der Waals surface area (Å²) in [5, 5.41) is 15.4. The van der Waals surface area contributed by atoms with Crippen molar-refractivity contribution in [1.29, 1.82) is 0 Å². The molecule has 0 unspecified atom stereocenters. The van der Waals surface area contributed by atoms with Gasteiger partial charge in [0.05, 0.1) is 24.4 Å². The monoisotopic (exact) mass is 600 g/mol. The number of carbonyl (C=O) groups is 1. The second kappa shape index (κ2) is 11.8. The highest BCUT2D eigenvalue weighted by atomic mass is 19.4. The van der Waals surface area contributed by atoms with E-state index < -0.39 is 24.5 Å². The minimum atomic E-state index is -4.42. The number of aromatic carboxylic acids is 1. The SMILES string of the molecule is O=C(O)c1ncn2c(NCc3c(F)ccc4c3CCO4)ncc(-c3ccc(C4CCOCC4)nc3CNCC(F)(F)F)c12. The Morgan fingerprint density at radius 1 is 1.07 bits per heavy atom. The molecule has 0 spiro atoms. The van der Waals surface area contributed by atoms with Crippen LogP contribution in [0.2, 0.25) is 0 Å². The van der Waals surface area contributed by atoms with Crippen LogP contribution in [0.25, 0.3) is 16.6 Å². The second-order valence-electron chi connectivity index (χ2n) is 10.4. The van der Waals surface area contributed by atoms with Crippen molar-refractivity contribution in [2.75, 3.05) is 31.7 Å². The van der Waals surface area contributed by atoms with E-state index >= 15 is 0 Å². The summed E-state index contributed by atoms with van der Waals surface area (Å²) in [5.41, 5.74) is 2.86. The van der Waals surface area contributed by atoms with E-state index in [1.807, 2.05) is 0 Å². The summed E-state index contributed by atoms with van der Waals surface area (Å²) in [5.74, 6) is -0.797. The quantitative estimate of drug-likeness (QED) is 0.234. The van der Waals surface area contributed by atoms with Gasteiger partial charge in [0.15, 0.2) is 5.69 Å². The number of benzene rings is 1. The Morgan fingerprint density at radius 2 is 1.88 bits per heavy atom. The number of nitrogens with zero attached hydrogens (tertiary/aromatic N) is 4. The molecule has 0 aliphatic carbocycles. The van der Waals surface area contributed by atoms with Crippen LogP contribution in [0.5, 0.6) is 5.75 Å². The number of carboxylic acids is 1. The van der Waals surface area contributed by atoms with Gasteiger partial charge in [-0.1, -0.05) is 6.07 Å². The number of nitrogens with one attached hydrogen (secondary N) is 2. The van der Waals surface area contributed by atoms with Crippen molar-refractivity contribution < 1.29 is 36.9 Å². The molecular weight excluding hydrogens is 572 g/mol. The normalized spacial score (nSPS) is 15.4. The van der Waals surface area contributed by atoms with E-state index in [0.717, 1.165) is 24.1 Å².